The Morgan fingerprint density at radius 2 is 0.727 bits per heavy atom. The van der Waals surface area contributed by atoms with E-state index in [4.69, 9.17) is 0 Å². The van der Waals surface area contributed by atoms with E-state index in [0.717, 1.165) is 51.4 Å². The van der Waals surface area contributed by atoms with E-state index < -0.39 is 0 Å². The van der Waals surface area contributed by atoms with E-state index in [-0.39, 0.29) is 39.2 Å². The number of benzene rings is 4. The lowest BCUT2D eigenvalue weighted by Gasteiger charge is -2.52. The summed E-state index contributed by atoms with van der Waals surface area (Å²) < 4.78 is 0. The molecule has 4 nitrogen and oxygen atoms in total. The van der Waals surface area contributed by atoms with Gasteiger partial charge in [0.25, 0.3) is 0 Å². The zero-order valence-electron chi connectivity index (χ0n) is 25.6. The van der Waals surface area contributed by atoms with Crippen LogP contribution in [0.5, 0.6) is 23.0 Å². The molecule has 0 radical (unpaired) electrons. The monoisotopic (exact) mass is 588 g/mol. The standard InChI is InChI=1S/C40H44O4/c1-3-38(2,28-20-24-39(25-21-28,30-4-12-34(41)13-5-30)31-6-14-35(42)15-7-31)29-22-26-40(27-23-29,32-8-16-36(43)17-9-32)33-10-18-37(44)19-11-33/h3-19,28-29,41-44H,1,20-27H2,2H3. The SMILES string of the molecule is C=CC(C)(C1CCC(c2ccc(O)cc2)(c2ccc(O)cc2)CC1)C1CCC(c2ccc(O)cc2)(c2ccc(O)cc2)CC1. The molecule has 0 atom stereocenters. The third-order valence-electron chi connectivity index (χ3n) is 11.6. The van der Waals surface area contributed by atoms with Gasteiger partial charge in [0.05, 0.1) is 0 Å². The minimum absolute atomic E-state index is 0.00779. The van der Waals surface area contributed by atoms with Crippen LogP contribution in [0.2, 0.25) is 0 Å². The van der Waals surface area contributed by atoms with Crippen LogP contribution in [-0.2, 0) is 10.8 Å². The number of phenols is 4. The Bertz CT molecular complexity index is 1340. The zero-order chi connectivity index (χ0) is 31.0. The van der Waals surface area contributed by atoms with Crippen LogP contribution < -0.4 is 0 Å². The van der Waals surface area contributed by atoms with Crippen molar-refractivity contribution >= 4 is 0 Å². The van der Waals surface area contributed by atoms with Gasteiger partial charge in [0.15, 0.2) is 0 Å². The Labute approximate surface area is 261 Å². The summed E-state index contributed by atoms with van der Waals surface area (Å²) in [6.45, 7) is 6.84. The second kappa shape index (κ2) is 11.7. The fourth-order valence-corrected chi connectivity index (χ4v) is 8.74. The number of rotatable bonds is 7. The molecule has 0 amide bonds. The first-order valence-electron chi connectivity index (χ1n) is 16.0. The topological polar surface area (TPSA) is 80.9 Å². The lowest BCUT2D eigenvalue weighted by atomic mass is 9.52. The summed E-state index contributed by atoms with van der Waals surface area (Å²) in [7, 11) is 0. The average Bonchev–Trinajstić information content (AvgIpc) is 3.06. The molecule has 0 aromatic heterocycles. The molecule has 2 fully saturated rings. The zero-order valence-corrected chi connectivity index (χ0v) is 25.6. The first-order chi connectivity index (χ1) is 21.2. The van der Waals surface area contributed by atoms with Gasteiger partial charge < -0.3 is 20.4 Å². The molecule has 2 saturated carbocycles. The predicted molar refractivity (Wildman–Crippen MR) is 176 cm³/mol. The van der Waals surface area contributed by atoms with Crippen LogP contribution in [0, 0.1) is 17.3 Å². The predicted octanol–water partition coefficient (Wildman–Crippen LogP) is 9.35. The maximum Gasteiger partial charge on any atom is 0.115 e. The molecule has 0 spiro atoms. The van der Waals surface area contributed by atoms with Crippen LogP contribution in [-0.4, -0.2) is 20.4 Å². The Hall–Kier alpha value is -4.18. The van der Waals surface area contributed by atoms with E-state index in [0.29, 0.717) is 11.8 Å². The van der Waals surface area contributed by atoms with Gasteiger partial charge in [-0.2, -0.15) is 0 Å². The molecule has 0 saturated heterocycles. The van der Waals surface area contributed by atoms with Gasteiger partial charge in [-0.15, -0.1) is 6.58 Å². The van der Waals surface area contributed by atoms with Gasteiger partial charge in [0.2, 0.25) is 0 Å². The molecule has 6 rings (SSSR count). The van der Waals surface area contributed by atoms with Gasteiger partial charge in [-0.3, -0.25) is 0 Å². The molecule has 0 heterocycles. The van der Waals surface area contributed by atoms with Crippen LogP contribution in [0.1, 0.15) is 80.5 Å². The summed E-state index contributed by atoms with van der Waals surface area (Å²) in [5.74, 6) is 2.10. The van der Waals surface area contributed by atoms with Crippen molar-refractivity contribution < 1.29 is 20.4 Å². The lowest BCUT2D eigenvalue weighted by molar-refractivity contribution is 0.0612. The fraction of sp³-hybridized carbons (Fsp3) is 0.350. The molecular weight excluding hydrogens is 544 g/mol. The third kappa shape index (κ3) is 5.25. The Balaban J connectivity index is 1.25. The molecule has 0 unspecified atom stereocenters. The quantitative estimate of drug-likeness (QED) is 0.162. The number of aromatic hydroxyl groups is 4. The highest BCUT2D eigenvalue weighted by atomic mass is 16.3. The molecule has 0 aliphatic heterocycles. The summed E-state index contributed by atoms with van der Waals surface area (Å²) in [6.07, 6.45) is 10.5. The summed E-state index contributed by atoms with van der Waals surface area (Å²) in [6, 6.07) is 30.8. The molecule has 228 valence electrons. The van der Waals surface area contributed by atoms with E-state index in [1.807, 2.05) is 0 Å². The molecule has 44 heavy (non-hydrogen) atoms. The minimum Gasteiger partial charge on any atom is -0.508 e. The maximum absolute atomic E-state index is 10.0. The van der Waals surface area contributed by atoms with Crippen molar-refractivity contribution in [1.82, 2.24) is 0 Å². The average molecular weight is 589 g/mol. The summed E-state index contributed by atoms with van der Waals surface area (Å²) in [4.78, 5) is 0. The highest BCUT2D eigenvalue weighted by molar-refractivity contribution is 5.45. The van der Waals surface area contributed by atoms with E-state index in [1.165, 1.54) is 22.3 Å². The van der Waals surface area contributed by atoms with Crippen molar-refractivity contribution in [2.75, 3.05) is 0 Å². The van der Waals surface area contributed by atoms with Gasteiger partial charge in [-0.05, 0) is 139 Å². The first kappa shape index (κ1) is 29.9. The number of phenolic OH excluding ortho intramolecular Hbond substituents is 4. The van der Waals surface area contributed by atoms with Crippen LogP contribution in [0.3, 0.4) is 0 Å². The van der Waals surface area contributed by atoms with Crippen LogP contribution in [0.4, 0.5) is 0 Å². The smallest absolute Gasteiger partial charge is 0.115 e. The molecule has 4 aromatic rings. The van der Waals surface area contributed by atoms with Gasteiger partial charge >= 0.3 is 0 Å². The highest BCUT2D eigenvalue weighted by Gasteiger charge is 2.48. The molecule has 4 heteroatoms. The van der Waals surface area contributed by atoms with Gasteiger partial charge in [-0.1, -0.05) is 61.5 Å². The largest absolute Gasteiger partial charge is 0.508 e. The van der Waals surface area contributed by atoms with E-state index in [1.54, 1.807) is 48.5 Å². The van der Waals surface area contributed by atoms with Crippen molar-refractivity contribution in [3.8, 4) is 23.0 Å². The van der Waals surface area contributed by atoms with Gasteiger partial charge in [-0.25, -0.2) is 0 Å². The summed E-state index contributed by atoms with van der Waals surface area (Å²) in [5, 5.41) is 40.0. The summed E-state index contributed by atoms with van der Waals surface area (Å²) >= 11 is 0. The highest BCUT2D eigenvalue weighted by Crippen LogP contribution is 2.57. The molecule has 2 aliphatic rings. The van der Waals surface area contributed by atoms with Crippen molar-refractivity contribution in [2.24, 2.45) is 17.3 Å². The van der Waals surface area contributed by atoms with Crippen molar-refractivity contribution in [2.45, 2.75) is 69.1 Å². The van der Waals surface area contributed by atoms with Crippen LogP contribution in [0.25, 0.3) is 0 Å². The fourth-order valence-electron chi connectivity index (χ4n) is 8.74. The first-order valence-corrected chi connectivity index (χ1v) is 16.0. The van der Waals surface area contributed by atoms with Gasteiger partial charge in [0, 0.05) is 10.8 Å². The van der Waals surface area contributed by atoms with E-state index in [2.05, 4.69) is 68.1 Å². The maximum atomic E-state index is 10.0. The minimum atomic E-state index is -0.167. The Morgan fingerprint density at radius 1 is 0.500 bits per heavy atom. The molecular formula is C40H44O4. The van der Waals surface area contributed by atoms with Crippen molar-refractivity contribution in [3.05, 3.63) is 132 Å². The molecule has 0 bridgehead atoms. The Morgan fingerprint density at radius 3 is 0.932 bits per heavy atom. The summed E-state index contributed by atoms with van der Waals surface area (Å²) in [5.41, 5.74) is 4.51. The van der Waals surface area contributed by atoms with Crippen molar-refractivity contribution in [1.29, 1.82) is 0 Å². The van der Waals surface area contributed by atoms with Gasteiger partial charge in [0.1, 0.15) is 23.0 Å². The second-order valence-electron chi connectivity index (χ2n) is 13.5. The number of hydrogen-bond acceptors (Lipinski definition) is 4. The van der Waals surface area contributed by atoms with E-state index >= 15 is 0 Å². The van der Waals surface area contributed by atoms with E-state index in [9.17, 15) is 20.4 Å². The van der Waals surface area contributed by atoms with Crippen LogP contribution >= 0.6 is 0 Å². The molecule has 2 aliphatic carbocycles. The molecule has 4 N–H and O–H groups in total. The number of allylic oxidation sites excluding steroid dienone is 1. The second-order valence-corrected chi connectivity index (χ2v) is 13.5. The Kier molecular flexibility index (Phi) is 7.96. The normalized spacial score (nSPS) is 18.9. The number of hydrogen-bond donors (Lipinski definition) is 4. The van der Waals surface area contributed by atoms with Crippen LogP contribution in [0.15, 0.2) is 110 Å². The third-order valence-corrected chi connectivity index (χ3v) is 11.6. The lowest BCUT2D eigenvalue weighted by Crippen LogP contribution is -2.43. The van der Waals surface area contributed by atoms with Crippen molar-refractivity contribution in [3.63, 3.8) is 0 Å². The molecule has 4 aromatic carbocycles.